The molecule has 0 aromatic heterocycles. The van der Waals surface area contributed by atoms with E-state index in [0.717, 1.165) is 50.5 Å². The maximum atomic E-state index is 10.1. The number of halogens is 1. The number of rotatable bonds is 5. The second-order valence-corrected chi connectivity index (χ2v) is 6.80. The third-order valence-corrected chi connectivity index (χ3v) is 5.34. The van der Waals surface area contributed by atoms with Crippen LogP contribution in [0.25, 0.3) is 0 Å². The summed E-state index contributed by atoms with van der Waals surface area (Å²) in [5, 5.41) is 14.4. The van der Waals surface area contributed by atoms with Crippen LogP contribution in [0.1, 0.15) is 31.7 Å². The Labute approximate surface area is 132 Å². The number of anilines is 1. The van der Waals surface area contributed by atoms with Gasteiger partial charge in [-0.15, -0.1) is 0 Å². The molecule has 0 radical (unpaired) electrons. The average molecular weight is 309 g/mol. The second-order valence-electron chi connectivity index (χ2n) is 6.39. The zero-order valence-corrected chi connectivity index (χ0v) is 13.4. The lowest BCUT2D eigenvalue weighted by Gasteiger charge is -2.24. The SMILES string of the molecule is CCCNCc1c(Cl)cccc1N1CC2CCC(O)C2C1. The van der Waals surface area contributed by atoms with Crippen molar-refractivity contribution in [2.24, 2.45) is 11.8 Å². The van der Waals surface area contributed by atoms with Crippen LogP contribution in [0.3, 0.4) is 0 Å². The van der Waals surface area contributed by atoms with Crippen LogP contribution >= 0.6 is 11.6 Å². The molecule has 1 heterocycles. The molecule has 2 fully saturated rings. The summed E-state index contributed by atoms with van der Waals surface area (Å²) in [4.78, 5) is 2.42. The normalized spacial score (nSPS) is 28.1. The lowest BCUT2D eigenvalue weighted by Crippen LogP contribution is -2.26. The van der Waals surface area contributed by atoms with Crippen LogP contribution in [0.4, 0.5) is 5.69 Å². The molecule has 3 rings (SSSR count). The van der Waals surface area contributed by atoms with Crippen molar-refractivity contribution in [1.82, 2.24) is 5.32 Å². The molecule has 0 amide bonds. The van der Waals surface area contributed by atoms with Crippen molar-refractivity contribution in [3.05, 3.63) is 28.8 Å². The fraction of sp³-hybridized carbons (Fsp3) is 0.647. The standard InChI is InChI=1S/C17H25ClN2O/c1-2-8-19-9-13-15(18)4-3-5-16(13)20-10-12-6-7-17(21)14(12)11-20/h3-5,12,14,17,19,21H,2,6-11H2,1H3. The zero-order chi connectivity index (χ0) is 14.8. The molecular formula is C17H25ClN2O. The predicted molar refractivity (Wildman–Crippen MR) is 87.9 cm³/mol. The van der Waals surface area contributed by atoms with Crippen molar-refractivity contribution in [2.75, 3.05) is 24.5 Å². The number of hydrogen-bond donors (Lipinski definition) is 2. The first-order valence-electron chi connectivity index (χ1n) is 8.11. The van der Waals surface area contributed by atoms with Gasteiger partial charge in [0.2, 0.25) is 0 Å². The topological polar surface area (TPSA) is 35.5 Å². The Balaban J connectivity index is 1.77. The van der Waals surface area contributed by atoms with Crippen molar-refractivity contribution in [2.45, 2.75) is 38.8 Å². The number of nitrogens with one attached hydrogen (secondary N) is 1. The van der Waals surface area contributed by atoms with E-state index in [1.54, 1.807) is 0 Å². The molecule has 1 aliphatic heterocycles. The molecule has 116 valence electrons. The summed E-state index contributed by atoms with van der Waals surface area (Å²) < 4.78 is 0. The Morgan fingerprint density at radius 2 is 2.19 bits per heavy atom. The predicted octanol–water partition coefficient (Wildman–Crippen LogP) is 3.05. The molecule has 3 atom stereocenters. The summed E-state index contributed by atoms with van der Waals surface area (Å²) in [5.41, 5.74) is 2.44. The molecular weight excluding hydrogens is 284 g/mol. The molecule has 1 saturated heterocycles. The number of aliphatic hydroxyl groups is 1. The van der Waals surface area contributed by atoms with Gasteiger partial charge in [0.1, 0.15) is 0 Å². The van der Waals surface area contributed by atoms with Gasteiger partial charge < -0.3 is 15.3 Å². The molecule has 3 nitrogen and oxygen atoms in total. The van der Waals surface area contributed by atoms with Crippen LogP contribution in [0.15, 0.2) is 18.2 Å². The highest BCUT2D eigenvalue weighted by Crippen LogP contribution is 2.41. The first kappa shape index (κ1) is 15.1. The molecule has 2 aliphatic rings. The van der Waals surface area contributed by atoms with Crippen molar-refractivity contribution in [3.63, 3.8) is 0 Å². The third-order valence-electron chi connectivity index (χ3n) is 4.98. The van der Waals surface area contributed by atoms with Gasteiger partial charge >= 0.3 is 0 Å². The van der Waals surface area contributed by atoms with Crippen molar-refractivity contribution >= 4 is 17.3 Å². The largest absolute Gasteiger partial charge is 0.393 e. The molecule has 0 spiro atoms. The quantitative estimate of drug-likeness (QED) is 0.821. The number of nitrogens with zero attached hydrogens (tertiary/aromatic N) is 1. The maximum Gasteiger partial charge on any atom is 0.0588 e. The van der Waals surface area contributed by atoms with E-state index >= 15 is 0 Å². The van der Waals surface area contributed by atoms with Gasteiger partial charge in [0.25, 0.3) is 0 Å². The summed E-state index contributed by atoms with van der Waals surface area (Å²) in [7, 11) is 0. The highest BCUT2D eigenvalue weighted by molar-refractivity contribution is 6.31. The summed E-state index contributed by atoms with van der Waals surface area (Å²) in [6.07, 6.45) is 3.15. The maximum absolute atomic E-state index is 10.1. The van der Waals surface area contributed by atoms with Crippen LogP contribution < -0.4 is 10.2 Å². The molecule has 1 saturated carbocycles. The van der Waals surface area contributed by atoms with E-state index < -0.39 is 0 Å². The van der Waals surface area contributed by atoms with Gasteiger partial charge in [-0.2, -0.15) is 0 Å². The summed E-state index contributed by atoms with van der Waals surface area (Å²) >= 11 is 6.42. The van der Waals surface area contributed by atoms with Crippen LogP contribution in [-0.2, 0) is 6.54 Å². The van der Waals surface area contributed by atoms with Gasteiger partial charge in [-0.25, -0.2) is 0 Å². The average Bonchev–Trinajstić information content (AvgIpc) is 3.03. The molecule has 2 N–H and O–H groups in total. The summed E-state index contributed by atoms with van der Waals surface area (Å²) in [6, 6.07) is 6.17. The molecule has 1 aromatic rings. The van der Waals surface area contributed by atoms with Gasteiger partial charge in [0, 0.05) is 41.8 Å². The third kappa shape index (κ3) is 3.05. The Bertz CT molecular complexity index is 494. The van der Waals surface area contributed by atoms with Crippen molar-refractivity contribution in [1.29, 1.82) is 0 Å². The monoisotopic (exact) mass is 308 g/mol. The smallest absolute Gasteiger partial charge is 0.0588 e. The highest BCUT2D eigenvalue weighted by atomic mass is 35.5. The minimum atomic E-state index is -0.110. The second kappa shape index (κ2) is 6.55. The molecule has 21 heavy (non-hydrogen) atoms. The Morgan fingerprint density at radius 3 is 2.95 bits per heavy atom. The molecule has 0 bridgehead atoms. The van der Waals surface area contributed by atoms with Crippen molar-refractivity contribution in [3.8, 4) is 0 Å². The molecule has 1 aliphatic carbocycles. The first-order chi connectivity index (χ1) is 10.2. The number of fused-ring (bicyclic) bond motifs is 1. The lowest BCUT2D eigenvalue weighted by molar-refractivity contribution is 0.133. The van der Waals surface area contributed by atoms with E-state index in [0.29, 0.717) is 11.8 Å². The van der Waals surface area contributed by atoms with Gasteiger partial charge in [-0.1, -0.05) is 24.6 Å². The molecule has 4 heteroatoms. The van der Waals surface area contributed by atoms with Crippen LogP contribution in [0.5, 0.6) is 0 Å². The van der Waals surface area contributed by atoms with E-state index in [2.05, 4.69) is 23.2 Å². The molecule has 3 unspecified atom stereocenters. The summed E-state index contributed by atoms with van der Waals surface area (Å²) in [5.74, 6) is 1.09. The van der Waals surface area contributed by atoms with Crippen LogP contribution in [0, 0.1) is 11.8 Å². The number of benzene rings is 1. The fourth-order valence-electron chi connectivity index (χ4n) is 3.84. The Hall–Kier alpha value is -0.770. The summed E-state index contributed by atoms with van der Waals surface area (Å²) in [6.45, 7) is 6.02. The zero-order valence-electron chi connectivity index (χ0n) is 12.7. The van der Waals surface area contributed by atoms with E-state index in [1.807, 2.05) is 12.1 Å². The Kier molecular flexibility index (Phi) is 4.72. The first-order valence-corrected chi connectivity index (χ1v) is 8.49. The van der Waals surface area contributed by atoms with Crippen LogP contribution in [0.2, 0.25) is 5.02 Å². The van der Waals surface area contributed by atoms with E-state index in [4.69, 9.17) is 11.6 Å². The van der Waals surface area contributed by atoms with E-state index in [9.17, 15) is 5.11 Å². The lowest BCUT2D eigenvalue weighted by atomic mass is 10.00. The minimum Gasteiger partial charge on any atom is -0.393 e. The fourth-order valence-corrected chi connectivity index (χ4v) is 4.08. The minimum absolute atomic E-state index is 0.110. The van der Waals surface area contributed by atoms with Gasteiger partial charge in [0.15, 0.2) is 0 Å². The van der Waals surface area contributed by atoms with E-state index in [1.165, 1.54) is 11.3 Å². The van der Waals surface area contributed by atoms with Gasteiger partial charge in [-0.05, 0) is 43.9 Å². The van der Waals surface area contributed by atoms with Crippen LogP contribution in [-0.4, -0.2) is 30.8 Å². The number of aliphatic hydroxyl groups excluding tert-OH is 1. The highest BCUT2D eigenvalue weighted by Gasteiger charge is 2.42. The number of hydrogen-bond acceptors (Lipinski definition) is 3. The van der Waals surface area contributed by atoms with Gasteiger partial charge in [-0.3, -0.25) is 0 Å². The van der Waals surface area contributed by atoms with E-state index in [-0.39, 0.29) is 6.10 Å². The van der Waals surface area contributed by atoms with Crippen molar-refractivity contribution < 1.29 is 5.11 Å². The molecule has 1 aromatic carbocycles. The Morgan fingerprint density at radius 1 is 1.33 bits per heavy atom. The van der Waals surface area contributed by atoms with Gasteiger partial charge in [0.05, 0.1) is 6.10 Å².